The van der Waals surface area contributed by atoms with E-state index in [0.29, 0.717) is 24.7 Å². The summed E-state index contributed by atoms with van der Waals surface area (Å²) in [5, 5.41) is 5.88. The van der Waals surface area contributed by atoms with E-state index in [4.69, 9.17) is 9.47 Å². The van der Waals surface area contributed by atoms with Gasteiger partial charge in [-0.2, -0.15) is 0 Å². The first kappa shape index (κ1) is 20.7. The predicted molar refractivity (Wildman–Crippen MR) is 111 cm³/mol. The molecule has 1 aliphatic heterocycles. The van der Waals surface area contributed by atoms with Gasteiger partial charge in [0.05, 0.1) is 12.5 Å². The van der Waals surface area contributed by atoms with Crippen LogP contribution in [0.25, 0.3) is 0 Å². The van der Waals surface area contributed by atoms with Crippen molar-refractivity contribution in [3.63, 3.8) is 0 Å². The van der Waals surface area contributed by atoms with Gasteiger partial charge in [-0.25, -0.2) is 0 Å². The molecule has 0 unspecified atom stereocenters. The fourth-order valence-electron chi connectivity index (χ4n) is 3.26. The van der Waals surface area contributed by atoms with Crippen LogP contribution >= 0.6 is 0 Å². The summed E-state index contributed by atoms with van der Waals surface area (Å²) in [7, 11) is 0. The molecule has 6 heteroatoms. The molecule has 2 aromatic carbocycles. The molecule has 2 amide bonds. The second-order valence-corrected chi connectivity index (χ2v) is 7.58. The zero-order valence-electron chi connectivity index (χ0n) is 17.1. The zero-order valence-corrected chi connectivity index (χ0v) is 17.1. The third-order valence-corrected chi connectivity index (χ3v) is 4.90. The van der Waals surface area contributed by atoms with Crippen LogP contribution in [-0.4, -0.2) is 31.1 Å². The normalized spacial score (nSPS) is 14.8. The van der Waals surface area contributed by atoms with Crippen LogP contribution in [0.4, 0.5) is 0 Å². The number of carbonyl (C=O) groups is 2. The molecule has 0 aliphatic carbocycles. The molecule has 0 bridgehead atoms. The third kappa shape index (κ3) is 5.50. The van der Waals surface area contributed by atoms with Crippen molar-refractivity contribution >= 4 is 11.8 Å². The van der Waals surface area contributed by atoms with Gasteiger partial charge in [0.15, 0.2) is 11.5 Å². The molecule has 3 rings (SSSR count). The summed E-state index contributed by atoms with van der Waals surface area (Å²) in [6.45, 7) is 6.80. The Kier molecular flexibility index (Phi) is 6.75. The predicted octanol–water partition coefficient (Wildman–Crippen LogP) is 3.02. The summed E-state index contributed by atoms with van der Waals surface area (Å²) in [4.78, 5) is 25.3. The quantitative estimate of drug-likeness (QED) is 0.754. The average Bonchev–Trinajstić information content (AvgIpc) is 2.72. The lowest BCUT2D eigenvalue weighted by atomic mass is 10.0. The Hall–Kier alpha value is -3.02. The van der Waals surface area contributed by atoms with E-state index in [1.807, 2.05) is 69.3 Å². The van der Waals surface area contributed by atoms with Crippen LogP contribution in [0.1, 0.15) is 37.9 Å². The van der Waals surface area contributed by atoms with Crippen LogP contribution in [-0.2, 0) is 16.0 Å². The first-order valence-corrected chi connectivity index (χ1v) is 9.97. The highest BCUT2D eigenvalue weighted by Gasteiger charge is 2.26. The molecule has 2 N–H and O–H groups in total. The summed E-state index contributed by atoms with van der Waals surface area (Å²) in [6.07, 6.45) is 0.245. The largest absolute Gasteiger partial charge is 0.486 e. The average molecular weight is 396 g/mol. The zero-order chi connectivity index (χ0) is 20.8. The molecule has 2 atom stereocenters. The summed E-state index contributed by atoms with van der Waals surface area (Å²) < 4.78 is 11.2. The number of hydrogen-bond donors (Lipinski definition) is 2. The van der Waals surface area contributed by atoms with Gasteiger partial charge in [0, 0.05) is 0 Å². The summed E-state index contributed by atoms with van der Waals surface area (Å²) in [5.41, 5.74) is 1.83. The van der Waals surface area contributed by atoms with Crippen LogP contribution in [0, 0.1) is 5.92 Å². The maximum absolute atomic E-state index is 12.9. The van der Waals surface area contributed by atoms with E-state index < -0.39 is 6.04 Å². The number of hydrogen-bond acceptors (Lipinski definition) is 4. The monoisotopic (exact) mass is 396 g/mol. The Morgan fingerprint density at radius 3 is 2.31 bits per heavy atom. The summed E-state index contributed by atoms with van der Waals surface area (Å²) in [6, 6.07) is 14.3. The third-order valence-electron chi connectivity index (χ3n) is 4.90. The van der Waals surface area contributed by atoms with E-state index in [1.165, 1.54) is 0 Å². The molecule has 154 valence electrons. The Morgan fingerprint density at radius 2 is 1.62 bits per heavy atom. The second-order valence-electron chi connectivity index (χ2n) is 7.58. The highest BCUT2D eigenvalue weighted by atomic mass is 16.6. The molecule has 29 heavy (non-hydrogen) atoms. The van der Waals surface area contributed by atoms with Crippen molar-refractivity contribution in [3.05, 3.63) is 59.7 Å². The molecule has 2 aromatic rings. The van der Waals surface area contributed by atoms with E-state index in [9.17, 15) is 9.59 Å². The van der Waals surface area contributed by atoms with Gasteiger partial charge < -0.3 is 20.1 Å². The fraction of sp³-hybridized carbons (Fsp3) is 0.391. The maximum atomic E-state index is 12.9. The number of ether oxygens (including phenoxy) is 2. The Balaban J connectivity index is 1.62. The molecule has 0 aromatic heterocycles. The van der Waals surface area contributed by atoms with Crippen LogP contribution in [0.2, 0.25) is 0 Å². The minimum absolute atomic E-state index is 0.0396. The lowest BCUT2D eigenvalue weighted by Gasteiger charge is -2.25. The number of fused-ring (bicyclic) bond motifs is 1. The van der Waals surface area contributed by atoms with Crippen LogP contribution < -0.4 is 20.1 Å². The van der Waals surface area contributed by atoms with Crippen LogP contribution in [0.3, 0.4) is 0 Å². The SMILES string of the molecule is CC(C)[C@H](NC(=O)Cc1ccccc1)C(=O)N[C@H](C)c1ccc2c(c1)OCCO2. The topological polar surface area (TPSA) is 76.7 Å². The van der Waals surface area contributed by atoms with Crippen molar-refractivity contribution in [3.8, 4) is 11.5 Å². The number of benzene rings is 2. The van der Waals surface area contributed by atoms with E-state index in [1.54, 1.807) is 0 Å². The van der Waals surface area contributed by atoms with E-state index >= 15 is 0 Å². The molecular weight excluding hydrogens is 368 g/mol. The number of amides is 2. The molecule has 0 saturated heterocycles. The molecule has 0 radical (unpaired) electrons. The number of carbonyl (C=O) groups excluding carboxylic acids is 2. The van der Waals surface area contributed by atoms with Crippen molar-refractivity contribution in [1.29, 1.82) is 0 Å². The van der Waals surface area contributed by atoms with Gasteiger partial charge in [0.25, 0.3) is 0 Å². The van der Waals surface area contributed by atoms with Gasteiger partial charge in [-0.05, 0) is 36.1 Å². The molecule has 1 aliphatic rings. The molecular formula is C23H28N2O4. The highest BCUT2D eigenvalue weighted by Crippen LogP contribution is 2.32. The van der Waals surface area contributed by atoms with Gasteiger partial charge in [0.1, 0.15) is 19.3 Å². The Bertz CT molecular complexity index is 851. The van der Waals surface area contributed by atoms with Crippen LogP contribution in [0.15, 0.2) is 48.5 Å². The van der Waals surface area contributed by atoms with Gasteiger partial charge in [0.2, 0.25) is 11.8 Å². The van der Waals surface area contributed by atoms with Gasteiger partial charge in [-0.15, -0.1) is 0 Å². The maximum Gasteiger partial charge on any atom is 0.243 e. The van der Waals surface area contributed by atoms with Crippen molar-refractivity contribution in [2.45, 2.75) is 39.3 Å². The second kappa shape index (κ2) is 9.45. The molecule has 0 saturated carbocycles. The lowest BCUT2D eigenvalue weighted by molar-refractivity contribution is -0.130. The minimum atomic E-state index is -0.606. The van der Waals surface area contributed by atoms with E-state index in [2.05, 4.69) is 10.6 Å². The lowest BCUT2D eigenvalue weighted by Crippen LogP contribution is -2.50. The molecule has 6 nitrogen and oxygen atoms in total. The van der Waals surface area contributed by atoms with E-state index in [0.717, 1.165) is 11.1 Å². The van der Waals surface area contributed by atoms with Crippen molar-refractivity contribution < 1.29 is 19.1 Å². The van der Waals surface area contributed by atoms with Crippen molar-refractivity contribution in [2.24, 2.45) is 5.92 Å². The summed E-state index contributed by atoms with van der Waals surface area (Å²) >= 11 is 0. The van der Waals surface area contributed by atoms with Gasteiger partial charge >= 0.3 is 0 Å². The molecule has 0 spiro atoms. The Labute approximate surface area is 171 Å². The van der Waals surface area contributed by atoms with Crippen molar-refractivity contribution in [2.75, 3.05) is 13.2 Å². The van der Waals surface area contributed by atoms with Gasteiger partial charge in [-0.1, -0.05) is 50.2 Å². The molecule has 0 fully saturated rings. The van der Waals surface area contributed by atoms with Crippen LogP contribution in [0.5, 0.6) is 11.5 Å². The Morgan fingerprint density at radius 1 is 0.931 bits per heavy atom. The first-order valence-electron chi connectivity index (χ1n) is 9.97. The first-order chi connectivity index (χ1) is 13.9. The van der Waals surface area contributed by atoms with Crippen molar-refractivity contribution in [1.82, 2.24) is 10.6 Å². The van der Waals surface area contributed by atoms with E-state index in [-0.39, 0.29) is 30.2 Å². The summed E-state index contributed by atoms with van der Waals surface area (Å²) in [5.74, 6) is 0.987. The highest BCUT2D eigenvalue weighted by molar-refractivity contribution is 5.88. The number of rotatable bonds is 7. The smallest absolute Gasteiger partial charge is 0.243 e. The fourth-order valence-corrected chi connectivity index (χ4v) is 3.26. The van der Waals surface area contributed by atoms with Gasteiger partial charge in [-0.3, -0.25) is 9.59 Å². The standard InChI is InChI=1S/C23H28N2O4/c1-15(2)22(25-21(26)13-17-7-5-4-6-8-17)23(27)24-16(3)18-9-10-19-20(14-18)29-12-11-28-19/h4-10,14-16,22H,11-13H2,1-3H3,(H,24,27)(H,25,26)/t16-,22+/m1/s1. The minimum Gasteiger partial charge on any atom is -0.486 e. The molecule has 1 heterocycles. The number of nitrogens with one attached hydrogen (secondary N) is 2.